The Kier molecular flexibility index (Phi) is 6.99. The second-order valence-electron chi connectivity index (χ2n) is 3.09. The smallest absolute Gasteiger partial charge is 0.0297 e. The van der Waals surface area contributed by atoms with Gasteiger partial charge in [0, 0.05) is 0 Å². The highest BCUT2D eigenvalue weighted by Crippen LogP contribution is 2.07. The normalized spacial score (nSPS) is 13.8. The average molecular weight is 176 g/mol. The summed E-state index contributed by atoms with van der Waals surface area (Å²) in [5.41, 5.74) is 2.49. The first-order chi connectivity index (χ1) is 6.24. The van der Waals surface area contributed by atoms with Crippen molar-refractivity contribution in [3.63, 3.8) is 0 Å². The first-order valence-electron chi connectivity index (χ1n) is 4.88. The molecule has 0 radical (unpaired) electrons. The number of hydrogen-bond acceptors (Lipinski definition) is 0. The minimum absolute atomic E-state index is 1.14. The molecule has 0 aromatic rings. The van der Waals surface area contributed by atoms with Crippen LogP contribution in [0, 0.1) is 0 Å². The average Bonchev–Trinajstić information content (AvgIpc) is 2.14. The van der Waals surface area contributed by atoms with Crippen LogP contribution in [-0.4, -0.2) is 0 Å². The molecule has 72 valence electrons. The highest BCUT2D eigenvalue weighted by molar-refractivity contribution is 5.35. The van der Waals surface area contributed by atoms with Crippen LogP contribution in [0.4, 0.5) is 0 Å². The van der Waals surface area contributed by atoms with E-state index in [1.807, 2.05) is 13.0 Å². The summed E-state index contributed by atoms with van der Waals surface area (Å²) in [7, 11) is 0. The van der Waals surface area contributed by atoms with Gasteiger partial charge in [0.15, 0.2) is 0 Å². The molecule has 0 heterocycles. The summed E-state index contributed by atoms with van der Waals surface area (Å²) in [5, 5.41) is 0. The number of unbranched alkanes of at least 4 members (excludes halogenated alkanes) is 1. The van der Waals surface area contributed by atoms with Gasteiger partial charge in [-0.25, -0.2) is 0 Å². The molecule has 0 bridgehead atoms. The highest BCUT2D eigenvalue weighted by atomic mass is 13.9. The van der Waals surface area contributed by atoms with Crippen molar-refractivity contribution >= 4 is 0 Å². The van der Waals surface area contributed by atoms with Crippen LogP contribution in [0.2, 0.25) is 0 Å². The number of hydrogen-bond donors (Lipinski definition) is 0. The van der Waals surface area contributed by atoms with Gasteiger partial charge >= 0.3 is 0 Å². The third-order valence-electron chi connectivity index (χ3n) is 1.74. The molecule has 0 N–H and O–H groups in total. The summed E-state index contributed by atoms with van der Waals surface area (Å²) in [6.07, 6.45) is 12.8. The Bertz CT molecular complexity index is 226. The summed E-state index contributed by atoms with van der Waals surface area (Å²) in [5.74, 6) is 0. The van der Waals surface area contributed by atoms with E-state index in [1.54, 1.807) is 0 Å². The van der Waals surface area contributed by atoms with E-state index in [2.05, 4.69) is 44.7 Å². The minimum Gasteiger partial charge on any atom is -0.0988 e. The molecule has 0 amide bonds. The fourth-order valence-electron chi connectivity index (χ4n) is 1.00. The van der Waals surface area contributed by atoms with E-state index in [4.69, 9.17) is 0 Å². The van der Waals surface area contributed by atoms with E-state index in [9.17, 15) is 0 Å². The summed E-state index contributed by atoms with van der Waals surface area (Å²) >= 11 is 0. The molecule has 0 spiro atoms. The summed E-state index contributed by atoms with van der Waals surface area (Å²) in [6.45, 7) is 10.0. The van der Waals surface area contributed by atoms with E-state index in [1.165, 1.54) is 17.6 Å². The lowest BCUT2D eigenvalue weighted by Crippen LogP contribution is -1.75. The quantitative estimate of drug-likeness (QED) is 0.544. The molecule has 0 nitrogen and oxygen atoms in total. The van der Waals surface area contributed by atoms with Gasteiger partial charge in [-0.2, -0.15) is 0 Å². The first-order valence-corrected chi connectivity index (χ1v) is 4.88. The van der Waals surface area contributed by atoms with E-state index < -0.39 is 0 Å². The predicted molar refractivity (Wildman–Crippen MR) is 61.8 cm³/mol. The van der Waals surface area contributed by atoms with Crippen LogP contribution in [0.15, 0.2) is 48.1 Å². The van der Waals surface area contributed by atoms with Crippen molar-refractivity contribution in [3.05, 3.63) is 48.1 Å². The van der Waals surface area contributed by atoms with Crippen LogP contribution in [0.5, 0.6) is 0 Å². The second-order valence-corrected chi connectivity index (χ2v) is 3.09. The van der Waals surface area contributed by atoms with Gasteiger partial charge in [0.25, 0.3) is 0 Å². The molecule has 0 heteroatoms. The SMILES string of the molecule is C=CC(C)=CC(C=CC)=CCCC. The zero-order chi connectivity index (χ0) is 10.1. The summed E-state index contributed by atoms with van der Waals surface area (Å²) < 4.78 is 0. The molecule has 0 unspecified atom stereocenters. The van der Waals surface area contributed by atoms with Gasteiger partial charge in [0.2, 0.25) is 0 Å². The van der Waals surface area contributed by atoms with Gasteiger partial charge in [0.1, 0.15) is 0 Å². The Morgan fingerprint density at radius 2 is 2.08 bits per heavy atom. The Balaban J connectivity index is 4.51. The van der Waals surface area contributed by atoms with Crippen LogP contribution in [-0.2, 0) is 0 Å². The predicted octanol–water partition coefficient (Wildman–Crippen LogP) is 4.42. The Labute approximate surface area is 82.4 Å². The van der Waals surface area contributed by atoms with Crippen molar-refractivity contribution in [2.75, 3.05) is 0 Å². The maximum absolute atomic E-state index is 3.73. The van der Waals surface area contributed by atoms with Gasteiger partial charge in [-0.1, -0.05) is 55.9 Å². The van der Waals surface area contributed by atoms with Gasteiger partial charge in [-0.3, -0.25) is 0 Å². The van der Waals surface area contributed by atoms with E-state index in [0.717, 1.165) is 6.42 Å². The molecular weight excluding hydrogens is 156 g/mol. The fraction of sp³-hybridized carbons (Fsp3) is 0.385. The lowest BCUT2D eigenvalue weighted by molar-refractivity contribution is 0.955. The van der Waals surface area contributed by atoms with Crippen molar-refractivity contribution in [2.45, 2.75) is 33.6 Å². The van der Waals surface area contributed by atoms with Crippen molar-refractivity contribution in [2.24, 2.45) is 0 Å². The molecule has 0 aromatic heterocycles. The molecule has 0 atom stereocenters. The van der Waals surface area contributed by atoms with Gasteiger partial charge in [-0.05, 0) is 25.8 Å². The van der Waals surface area contributed by atoms with Crippen LogP contribution < -0.4 is 0 Å². The topological polar surface area (TPSA) is 0 Å². The van der Waals surface area contributed by atoms with E-state index in [0.29, 0.717) is 0 Å². The van der Waals surface area contributed by atoms with E-state index in [-0.39, 0.29) is 0 Å². The molecule has 0 saturated carbocycles. The molecule has 0 aromatic carbocycles. The maximum Gasteiger partial charge on any atom is -0.0297 e. The Morgan fingerprint density at radius 1 is 1.38 bits per heavy atom. The summed E-state index contributed by atoms with van der Waals surface area (Å²) in [4.78, 5) is 0. The number of allylic oxidation sites excluding steroid dienone is 7. The van der Waals surface area contributed by atoms with Crippen molar-refractivity contribution in [3.8, 4) is 0 Å². The molecular formula is C13H20. The fourth-order valence-corrected chi connectivity index (χ4v) is 1.00. The van der Waals surface area contributed by atoms with E-state index >= 15 is 0 Å². The number of rotatable bonds is 5. The van der Waals surface area contributed by atoms with Gasteiger partial charge in [-0.15, -0.1) is 0 Å². The zero-order valence-electron chi connectivity index (χ0n) is 9.01. The van der Waals surface area contributed by atoms with Crippen molar-refractivity contribution < 1.29 is 0 Å². The lowest BCUT2D eigenvalue weighted by Gasteiger charge is -1.96. The third kappa shape index (κ3) is 6.15. The standard InChI is InChI=1S/C13H20/c1-5-8-10-13(9-6-2)11-12(4)7-3/h6-7,9-11H,3,5,8H2,1-2,4H3. The largest absolute Gasteiger partial charge is 0.0988 e. The second kappa shape index (κ2) is 7.60. The lowest BCUT2D eigenvalue weighted by atomic mass is 10.1. The summed E-state index contributed by atoms with van der Waals surface area (Å²) in [6, 6.07) is 0. The molecule has 0 aliphatic heterocycles. The third-order valence-corrected chi connectivity index (χ3v) is 1.74. The molecule has 0 rings (SSSR count). The van der Waals surface area contributed by atoms with Crippen LogP contribution in [0.1, 0.15) is 33.6 Å². The Hall–Kier alpha value is -1.04. The van der Waals surface area contributed by atoms with Crippen LogP contribution >= 0.6 is 0 Å². The van der Waals surface area contributed by atoms with Gasteiger partial charge < -0.3 is 0 Å². The highest BCUT2D eigenvalue weighted by Gasteiger charge is 1.87. The van der Waals surface area contributed by atoms with Crippen LogP contribution in [0.25, 0.3) is 0 Å². The maximum atomic E-state index is 3.73. The Morgan fingerprint density at radius 3 is 2.54 bits per heavy atom. The zero-order valence-corrected chi connectivity index (χ0v) is 9.01. The monoisotopic (exact) mass is 176 g/mol. The molecule has 0 aliphatic rings. The minimum atomic E-state index is 1.14. The molecule has 0 fully saturated rings. The van der Waals surface area contributed by atoms with Crippen molar-refractivity contribution in [1.82, 2.24) is 0 Å². The van der Waals surface area contributed by atoms with Crippen molar-refractivity contribution in [1.29, 1.82) is 0 Å². The molecule has 13 heavy (non-hydrogen) atoms. The van der Waals surface area contributed by atoms with Gasteiger partial charge in [0.05, 0.1) is 0 Å². The molecule has 0 saturated heterocycles. The first kappa shape index (κ1) is 12.0. The van der Waals surface area contributed by atoms with Crippen LogP contribution in [0.3, 0.4) is 0 Å². The molecule has 0 aliphatic carbocycles.